The smallest absolute Gasteiger partial charge is 0.217 e. The molecule has 1 fully saturated rings. The highest BCUT2D eigenvalue weighted by Gasteiger charge is 2.21. The van der Waals surface area contributed by atoms with Gasteiger partial charge in [0.15, 0.2) is 0 Å². The molecule has 116 valence electrons. The molecular formula is C16H22ClFN2O. The molecule has 3 nitrogen and oxygen atoms in total. The summed E-state index contributed by atoms with van der Waals surface area (Å²) in [6, 6.07) is 4.80. The number of carbonyl (C=O) groups excluding carboxylic acids is 1. The zero-order chi connectivity index (χ0) is 15.2. The van der Waals surface area contributed by atoms with Gasteiger partial charge in [0, 0.05) is 23.6 Å². The van der Waals surface area contributed by atoms with Gasteiger partial charge in [-0.05, 0) is 56.8 Å². The van der Waals surface area contributed by atoms with Gasteiger partial charge >= 0.3 is 0 Å². The summed E-state index contributed by atoms with van der Waals surface area (Å²) in [4.78, 5) is 13.3. The van der Waals surface area contributed by atoms with Gasteiger partial charge in [-0.25, -0.2) is 4.39 Å². The number of primary amides is 1. The van der Waals surface area contributed by atoms with Crippen molar-refractivity contribution in [2.75, 3.05) is 19.6 Å². The molecule has 5 heteroatoms. The molecule has 1 saturated heterocycles. The summed E-state index contributed by atoms with van der Waals surface area (Å²) in [5.74, 6) is -0.0824. The molecule has 1 aliphatic rings. The van der Waals surface area contributed by atoms with Crippen molar-refractivity contribution in [1.82, 2.24) is 4.90 Å². The largest absolute Gasteiger partial charge is 0.370 e. The molecule has 0 unspecified atom stereocenters. The van der Waals surface area contributed by atoms with Crippen LogP contribution in [0.15, 0.2) is 18.2 Å². The maximum atomic E-state index is 13.7. The Morgan fingerprint density at radius 2 is 2.29 bits per heavy atom. The molecule has 2 N–H and O–H groups in total. The second kappa shape index (κ2) is 7.76. The number of hydrogen-bond acceptors (Lipinski definition) is 2. The van der Waals surface area contributed by atoms with Crippen molar-refractivity contribution < 1.29 is 9.18 Å². The predicted octanol–water partition coefficient (Wildman–Crippen LogP) is 3.00. The van der Waals surface area contributed by atoms with Crippen molar-refractivity contribution in [1.29, 1.82) is 0 Å². The zero-order valence-corrected chi connectivity index (χ0v) is 12.9. The fraction of sp³-hybridized carbons (Fsp3) is 0.562. The van der Waals surface area contributed by atoms with Crippen LogP contribution in [-0.4, -0.2) is 30.4 Å². The quantitative estimate of drug-likeness (QED) is 0.877. The third kappa shape index (κ3) is 4.97. The first-order valence-corrected chi connectivity index (χ1v) is 7.87. The molecule has 1 aromatic carbocycles. The van der Waals surface area contributed by atoms with Crippen molar-refractivity contribution in [2.45, 2.75) is 32.1 Å². The third-order valence-electron chi connectivity index (χ3n) is 4.06. The second-order valence-electron chi connectivity index (χ2n) is 5.78. The Morgan fingerprint density at radius 3 is 3.00 bits per heavy atom. The Labute approximate surface area is 130 Å². The molecular weight excluding hydrogens is 291 g/mol. The van der Waals surface area contributed by atoms with Crippen LogP contribution in [0.4, 0.5) is 4.39 Å². The van der Waals surface area contributed by atoms with Gasteiger partial charge in [0.2, 0.25) is 5.91 Å². The normalized spacial score (nSPS) is 19.6. The standard InChI is InChI=1S/C16H22ClFN2O/c17-14-6-1-7-15(18)13(14)5-3-9-20-8-2-4-12(11-20)10-16(19)21/h1,6-7,12H,2-5,8-11H2,(H2,19,21)/t12-/m1/s1. The van der Waals surface area contributed by atoms with Crippen molar-refractivity contribution in [3.63, 3.8) is 0 Å². The average molecular weight is 313 g/mol. The first-order chi connectivity index (χ1) is 10.1. The van der Waals surface area contributed by atoms with E-state index in [1.165, 1.54) is 6.07 Å². The number of halogens is 2. The van der Waals surface area contributed by atoms with Crippen LogP contribution in [0, 0.1) is 11.7 Å². The summed E-state index contributed by atoms with van der Waals surface area (Å²) in [6.07, 6.45) is 4.14. The first-order valence-electron chi connectivity index (χ1n) is 7.50. The van der Waals surface area contributed by atoms with Crippen LogP contribution in [-0.2, 0) is 11.2 Å². The SMILES string of the molecule is NC(=O)C[C@H]1CCCN(CCCc2c(F)cccc2Cl)C1. The van der Waals surface area contributed by atoms with E-state index < -0.39 is 0 Å². The van der Waals surface area contributed by atoms with Crippen LogP contribution in [0.25, 0.3) is 0 Å². The van der Waals surface area contributed by atoms with Crippen molar-refractivity contribution in [3.8, 4) is 0 Å². The minimum absolute atomic E-state index is 0.222. The molecule has 0 bridgehead atoms. The lowest BCUT2D eigenvalue weighted by atomic mass is 9.94. The fourth-order valence-electron chi connectivity index (χ4n) is 3.06. The molecule has 1 aromatic rings. The maximum absolute atomic E-state index is 13.7. The van der Waals surface area contributed by atoms with Crippen LogP contribution in [0.1, 0.15) is 31.2 Å². The van der Waals surface area contributed by atoms with Gasteiger partial charge < -0.3 is 10.6 Å². The Kier molecular flexibility index (Phi) is 6.00. The Morgan fingerprint density at radius 1 is 1.48 bits per heavy atom. The Bertz CT molecular complexity index is 475. The number of hydrogen-bond donors (Lipinski definition) is 1. The van der Waals surface area contributed by atoms with Crippen molar-refractivity contribution in [2.24, 2.45) is 11.7 Å². The van der Waals surface area contributed by atoms with E-state index in [0.29, 0.717) is 29.3 Å². The number of amides is 1. The number of benzene rings is 1. The molecule has 1 amide bonds. The van der Waals surface area contributed by atoms with Crippen LogP contribution in [0.3, 0.4) is 0 Å². The van der Waals surface area contributed by atoms with E-state index in [1.54, 1.807) is 12.1 Å². The minimum Gasteiger partial charge on any atom is -0.370 e. The molecule has 0 saturated carbocycles. The highest BCUT2D eigenvalue weighted by Crippen LogP contribution is 2.22. The molecule has 2 rings (SSSR count). The predicted molar refractivity (Wildman–Crippen MR) is 82.7 cm³/mol. The van der Waals surface area contributed by atoms with E-state index in [-0.39, 0.29) is 11.7 Å². The lowest BCUT2D eigenvalue weighted by Crippen LogP contribution is -2.37. The van der Waals surface area contributed by atoms with Crippen LogP contribution >= 0.6 is 11.6 Å². The summed E-state index contributed by atoms with van der Waals surface area (Å²) in [5.41, 5.74) is 5.87. The summed E-state index contributed by atoms with van der Waals surface area (Å²) in [7, 11) is 0. The number of nitrogens with zero attached hydrogens (tertiary/aromatic N) is 1. The molecule has 1 atom stereocenters. The summed E-state index contributed by atoms with van der Waals surface area (Å²) in [5, 5.41) is 0.500. The molecule has 0 radical (unpaired) electrons. The Hall–Kier alpha value is -1.13. The van der Waals surface area contributed by atoms with Gasteiger partial charge in [-0.3, -0.25) is 4.79 Å². The van der Waals surface area contributed by atoms with E-state index in [1.807, 2.05) is 0 Å². The zero-order valence-electron chi connectivity index (χ0n) is 12.2. The van der Waals surface area contributed by atoms with Crippen LogP contribution < -0.4 is 5.73 Å². The molecule has 1 aliphatic heterocycles. The monoisotopic (exact) mass is 312 g/mol. The van der Waals surface area contributed by atoms with E-state index in [2.05, 4.69) is 4.90 Å². The number of rotatable bonds is 6. The molecule has 1 heterocycles. The number of nitrogens with two attached hydrogens (primary N) is 1. The topological polar surface area (TPSA) is 46.3 Å². The van der Waals surface area contributed by atoms with Crippen LogP contribution in [0.5, 0.6) is 0 Å². The van der Waals surface area contributed by atoms with E-state index in [9.17, 15) is 9.18 Å². The molecule has 0 aliphatic carbocycles. The Balaban J connectivity index is 1.79. The van der Waals surface area contributed by atoms with Gasteiger partial charge in [0.05, 0.1) is 0 Å². The summed E-state index contributed by atoms with van der Waals surface area (Å²) in [6.45, 7) is 2.86. The van der Waals surface area contributed by atoms with Gasteiger partial charge in [-0.1, -0.05) is 17.7 Å². The lowest BCUT2D eigenvalue weighted by Gasteiger charge is -2.32. The maximum Gasteiger partial charge on any atom is 0.217 e. The fourth-order valence-corrected chi connectivity index (χ4v) is 3.31. The van der Waals surface area contributed by atoms with Gasteiger partial charge in [-0.15, -0.1) is 0 Å². The van der Waals surface area contributed by atoms with Gasteiger partial charge in [0.1, 0.15) is 5.82 Å². The number of piperidine rings is 1. The molecule has 21 heavy (non-hydrogen) atoms. The highest BCUT2D eigenvalue weighted by molar-refractivity contribution is 6.31. The molecule has 0 aromatic heterocycles. The van der Waals surface area contributed by atoms with E-state index >= 15 is 0 Å². The third-order valence-corrected chi connectivity index (χ3v) is 4.41. The lowest BCUT2D eigenvalue weighted by molar-refractivity contribution is -0.119. The van der Waals surface area contributed by atoms with Gasteiger partial charge in [-0.2, -0.15) is 0 Å². The summed E-state index contributed by atoms with van der Waals surface area (Å²) < 4.78 is 13.7. The number of carbonyl (C=O) groups is 1. The van der Waals surface area contributed by atoms with Gasteiger partial charge in [0.25, 0.3) is 0 Å². The molecule has 0 spiro atoms. The van der Waals surface area contributed by atoms with E-state index in [0.717, 1.165) is 38.9 Å². The van der Waals surface area contributed by atoms with Crippen molar-refractivity contribution in [3.05, 3.63) is 34.6 Å². The van der Waals surface area contributed by atoms with Crippen molar-refractivity contribution >= 4 is 17.5 Å². The minimum atomic E-state index is -0.229. The number of likely N-dealkylation sites (tertiary alicyclic amines) is 1. The second-order valence-corrected chi connectivity index (χ2v) is 6.19. The highest BCUT2D eigenvalue weighted by atomic mass is 35.5. The average Bonchev–Trinajstić information content (AvgIpc) is 2.42. The van der Waals surface area contributed by atoms with Crippen LogP contribution in [0.2, 0.25) is 5.02 Å². The van der Waals surface area contributed by atoms with E-state index in [4.69, 9.17) is 17.3 Å². The first kappa shape index (κ1) is 16.2. The summed E-state index contributed by atoms with van der Waals surface area (Å²) >= 11 is 6.03.